The molecule has 10 heteroatoms. The molecule has 136 valence electrons. The van der Waals surface area contributed by atoms with Crippen molar-refractivity contribution in [3.05, 3.63) is 42.7 Å². The summed E-state index contributed by atoms with van der Waals surface area (Å²) in [4.78, 5) is 20.5. The number of nitrogens with one attached hydrogen (secondary N) is 2. The molecule has 3 aromatic rings. The van der Waals surface area contributed by atoms with Crippen molar-refractivity contribution in [1.82, 2.24) is 24.1 Å². The first kappa shape index (κ1) is 18.0. The Bertz CT molecular complexity index is 833. The van der Waals surface area contributed by atoms with Crippen molar-refractivity contribution in [3.63, 3.8) is 0 Å². The van der Waals surface area contributed by atoms with Gasteiger partial charge < -0.3 is 15.4 Å². The molecule has 26 heavy (non-hydrogen) atoms. The van der Waals surface area contributed by atoms with Crippen LogP contribution in [0.5, 0.6) is 0 Å². The second-order valence-corrected chi connectivity index (χ2v) is 6.25. The highest BCUT2D eigenvalue weighted by Crippen LogP contribution is 2.21. The molecule has 2 heterocycles. The van der Waals surface area contributed by atoms with Gasteiger partial charge in [-0.2, -0.15) is 9.47 Å². The van der Waals surface area contributed by atoms with Crippen molar-refractivity contribution in [2.24, 2.45) is 0 Å². The van der Waals surface area contributed by atoms with Gasteiger partial charge >= 0.3 is 0 Å². The summed E-state index contributed by atoms with van der Waals surface area (Å²) in [5.74, 6) is 0.591. The summed E-state index contributed by atoms with van der Waals surface area (Å²) in [6, 6.07) is 6.93. The molecule has 0 saturated heterocycles. The van der Waals surface area contributed by atoms with E-state index in [1.165, 1.54) is 28.9 Å². The number of methoxy groups -OCH3 is 1. The van der Waals surface area contributed by atoms with Gasteiger partial charge in [0.1, 0.15) is 24.5 Å². The Morgan fingerprint density at radius 1 is 1.31 bits per heavy atom. The highest BCUT2D eigenvalue weighted by Gasteiger charge is 2.15. The van der Waals surface area contributed by atoms with Crippen molar-refractivity contribution in [1.29, 1.82) is 0 Å². The molecule has 0 saturated carbocycles. The maximum absolute atomic E-state index is 12.2. The van der Waals surface area contributed by atoms with Gasteiger partial charge in [-0.3, -0.25) is 4.79 Å². The largest absolute Gasteiger partial charge is 0.384 e. The molecule has 1 amide bonds. The summed E-state index contributed by atoms with van der Waals surface area (Å²) >= 11 is 1.30. The van der Waals surface area contributed by atoms with Gasteiger partial charge in [0.25, 0.3) is 0 Å². The van der Waals surface area contributed by atoms with Crippen molar-refractivity contribution in [3.8, 4) is 0 Å². The van der Waals surface area contributed by atoms with E-state index in [4.69, 9.17) is 4.74 Å². The number of carbonyl (C=O) groups excluding carboxylic acids is 1. The van der Waals surface area contributed by atoms with Crippen LogP contribution < -0.4 is 10.6 Å². The molecular formula is C16H19N7O2S. The van der Waals surface area contributed by atoms with E-state index < -0.39 is 6.04 Å². The summed E-state index contributed by atoms with van der Waals surface area (Å²) in [5, 5.41) is 10.7. The van der Waals surface area contributed by atoms with E-state index in [9.17, 15) is 4.79 Å². The number of amides is 1. The zero-order valence-electron chi connectivity index (χ0n) is 14.4. The Kier molecular flexibility index (Phi) is 5.87. The lowest BCUT2D eigenvalue weighted by Gasteiger charge is -2.12. The summed E-state index contributed by atoms with van der Waals surface area (Å²) in [5.41, 5.74) is 1.56. The number of benzene rings is 1. The minimum Gasteiger partial charge on any atom is -0.384 e. The predicted molar refractivity (Wildman–Crippen MR) is 98.6 cm³/mol. The number of nitrogens with zero attached hydrogens (tertiary/aromatic N) is 5. The number of carbonyl (C=O) groups is 1. The molecule has 1 unspecified atom stereocenters. The second-order valence-electron chi connectivity index (χ2n) is 5.50. The van der Waals surface area contributed by atoms with E-state index >= 15 is 0 Å². The minimum absolute atomic E-state index is 0.164. The Morgan fingerprint density at radius 2 is 2.08 bits per heavy atom. The summed E-state index contributed by atoms with van der Waals surface area (Å²) in [6.07, 6.45) is 3.60. The van der Waals surface area contributed by atoms with E-state index in [-0.39, 0.29) is 5.91 Å². The van der Waals surface area contributed by atoms with Crippen LogP contribution in [-0.4, -0.2) is 43.7 Å². The topological polar surface area (TPSA) is 107 Å². The summed E-state index contributed by atoms with van der Waals surface area (Å²) in [6.45, 7) is 2.36. The van der Waals surface area contributed by atoms with Gasteiger partial charge in [-0.1, -0.05) is 0 Å². The molecule has 3 rings (SSSR count). The first-order chi connectivity index (χ1) is 12.7. The Morgan fingerprint density at radius 3 is 2.77 bits per heavy atom. The minimum atomic E-state index is -0.442. The van der Waals surface area contributed by atoms with Gasteiger partial charge in [-0.05, 0) is 31.2 Å². The third-order valence-electron chi connectivity index (χ3n) is 3.61. The third-order valence-corrected chi connectivity index (χ3v) is 4.28. The highest BCUT2D eigenvalue weighted by atomic mass is 32.1. The molecule has 2 aromatic heterocycles. The molecule has 0 spiro atoms. The van der Waals surface area contributed by atoms with E-state index in [1.807, 2.05) is 24.3 Å². The molecule has 0 aliphatic heterocycles. The first-order valence-corrected chi connectivity index (χ1v) is 8.76. The van der Waals surface area contributed by atoms with E-state index in [0.29, 0.717) is 23.8 Å². The maximum Gasteiger partial charge on any atom is 0.249 e. The zero-order chi connectivity index (χ0) is 18.4. The first-order valence-electron chi connectivity index (χ1n) is 7.99. The van der Waals surface area contributed by atoms with E-state index in [1.54, 1.807) is 14.0 Å². The van der Waals surface area contributed by atoms with Crippen LogP contribution in [0.4, 0.5) is 16.5 Å². The highest BCUT2D eigenvalue weighted by molar-refractivity contribution is 7.09. The number of aromatic nitrogens is 5. The Balaban J connectivity index is 1.56. The number of anilines is 3. The van der Waals surface area contributed by atoms with Crippen LogP contribution in [0.1, 0.15) is 18.8 Å². The lowest BCUT2D eigenvalue weighted by molar-refractivity contribution is -0.119. The normalized spacial score (nSPS) is 11.9. The van der Waals surface area contributed by atoms with Crippen LogP contribution in [0.3, 0.4) is 0 Å². The Labute approximate surface area is 154 Å². The van der Waals surface area contributed by atoms with Crippen LogP contribution in [0.25, 0.3) is 0 Å². The van der Waals surface area contributed by atoms with Crippen molar-refractivity contribution in [2.75, 3.05) is 24.4 Å². The molecule has 1 atom stereocenters. The molecule has 9 nitrogen and oxygen atoms in total. The van der Waals surface area contributed by atoms with Gasteiger partial charge in [-0.25, -0.2) is 14.6 Å². The molecular weight excluding hydrogens is 354 g/mol. The van der Waals surface area contributed by atoms with Gasteiger partial charge in [-0.15, -0.1) is 0 Å². The number of ether oxygens (including phenoxy) is 1. The average molecular weight is 373 g/mol. The smallest absolute Gasteiger partial charge is 0.249 e. The fraction of sp³-hybridized carbons (Fsp3) is 0.312. The molecule has 0 bridgehead atoms. The van der Waals surface area contributed by atoms with E-state index in [2.05, 4.69) is 30.1 Å². The summed E-state index contributed by atoms with van der Waals surface area (Å²) in [7, 11) is 1.65. The molecule has 0 aliphatic carbocycles. The number of hydrogen-bond acceptors (Lipinski definition) is 8. The van der Waals surface area contributed by atoms with Gasteiger partial charge in [0.2, 0.25) is 11.0 Å². The van der Waals surface area contributed by atoms with E-state index in [0.717, 1.165) is 11.5 Å². The molecule has 0 radical (unpaired) electrons. The Hall–Kier alpha value is -2.85. The van der Waals surface area contributed by atoms with Crippen molar-refractivity contribution < 1.29 is 9.53 Å². The quantitative estimate of drug-likeness (QED) is 0.624. The second kappa shape index (κ2) is 8.50. The molecule has 0 fully saturated rings. The molecule has 2 N–H and O–H groups in total. The fourth-order valence-corrected chi connectivity index (χ4v) is 2.78. The van der Waals surface area contributed by atoms with Crippen LogP contribution in [-0.2, 0) is 16.0 Å². The third kappa shape index (κ3) is 4.61. The zero-order valence-corrected chi connectivity index (χ0v) is 15.2. The average Bonchev–Trinajstić information content (AvgIpc) is 3.33. The molecule has 0 aliphatic rings. The lowest BCUT2D eigenvalue weighted by Crippen LogP contribution is -2.23. The van der Waals surface area contributed by atoms with Gasteiger partial charge in [0.15, 0.2) is 0 Å². The maximum atomic E-state index is 12.2. The summed E-state index contributed by atoms with van der Waals surface area (Å²) < 4.78 is 10.8. The standard InChI is InChI=1S/C16H19N7O2S/c1-11(23-10-17-9-18-23)15(24)19-12-3-5-13(6-4-12)20-16-21-14(22-26-16)7-8-25-2/h3-6,9-11H,7-8H2,1-2H3,(H,19,24)(H,20,21,22). The molecule has 1 aromatic carbocycles. The van der Waals surface area contributed by atoms with Gasteiger partial charge in [0.05, 0.1) is 6.61 Å². The van der Waals surface area contributed by atoms with Crippen molar-refractivity contribution >= 4 is 33.9 Å². The SMILES string of the molecule is COCCc1nsc(Nc2ccc(NC(=O)C(C)n3cncn3)cc2)n1. The predicted octanol–water partition coefficient (Wildman–Crippen LogP) is 2.26. The monoisotopic (exact) mass is 373 g/mol. The van der Waals surface area contributed by atoms with Crippen LogP contribution in [0, 0.1) is 0 Å². The van der Waals surface area contributed by atoms with Crippen LogP contribution in [0.2, 0.25) is 0 Å². The van der Waals surface area contributed by atoms with Gasteiger partial charge in [0, 0.05) is 36.4 Å². The van der Waals surface area contributed by atoms with Crippen LogP contribution >= 0.6 is 11.5 Å². The number of hydrogen-bond donors (Lipinski definition) is 2. The lowest BCUT2D eigenvalue weighted by atomic mass is 10.2. The van der Waals surface area contributed by atoms with Crippen molar-refractivity contribution in [2.45, 2.75) is 19.4 Å². The van der Waals surface area contributed by atoms with Crippen LogP contribution in [0.15, 0.2) is 36.9 Å². The number of rotatable bonds is 8. The fourth-order valence-electron chi connectivity index (χ4n) is 2.14.